The average molecular weight is 438 g/mol. The maximum absolute atomic E-state index is 12.5. The van der Waals surface area contributed by atoms with Crippen LogP contribution >= 0.6 is 11.6 Å². The van der Waals surface area contributed by atoms with Crippen molar-refractivity contribution >= 4 is 29.3 Å². The van der Waals surface area contributed by atoms with Crippen molar-refractivity contribution in [2.45, 2.75) is 84.5 Å². The second-order valence-corrected chi connectivity index (χ2v) is 8.09. The number of aryl methyl sites for hydroxylation is 1. The third kappa shape index (κ3) is 12.0. The average Bonchev–Trinajstić information content (AvgIpc) is 2.71. The van der Waals surface area contributed by atoms with Gasteiger partial charge in [0.05, 0.1) is 6.61 Å². The molecule has 6 heteroatoms. The molecule has 0 aromatic heterocycles. The third-order valence-corrected chi connectivity index (χ3v) is 5.17. The van der Waals surface area contributed by atoms with Crippen LogP contribution in [0.15, 0.2) is 18.2 Å². The van der Waals surface area contributed by atoms with E-state index >= 15 is 0 Å². The van der Waals surface area contributed by atoms with Gasteiger partial charge in [-0.3, -0.25) is 14.4 Å². The molecule has 0 fully saturated rings. The molecule has 0 heterocycles. The Balaban J connectivity index is 2.37. The van der Waals surface area contributed by atoms with Gasteiger partial charge in [-0.05, 0) is 43.0 Å². The first-order valence-electron chi connectivity index (χ1n) is 11.2. The lowest BCUT2D eigenvalue weighted by Crippen LogP contribution is -2.21. The molecule has 0 saturated heterocycles. The zero-order chi connectivity index (χ0) is 22.2. The second kappa shape index (κ2) is 15.9. The molecule has 0 aliphatic rings. The molecule has 0 unspecified atom stereocenters. The summed E-state index contributed by atoms with van der Waals surface area (Å²) in [5, 5.41) is 3.22. The van der Waals surface area contributed by atoms with Gasteiger partial charge < -0.3 is 10.1 Å². The van der Waals surface area contributed by atoms with Gasteiger partial charge in [0, 0.05) is 36.9 Å². The van der Waals surface area contributed by atoms with E-state index < -0.39 is 0 Å². The summed E-state index contributed by atoms with van der Waals surface area (Å²) in [5.41, 5.74) is 1.35. The molecule has 5 nitrogen and oxygen atoms in total. The van der Waals surface area contributed by atoms with Crippen LogP contribution in [0, 0.1) is 0 Å². The minimum atomic E-state index is -0.245. The number of benzene rings is 1. The summed E-state index contributed by atoms with van der Waals surface area (Å²) in [5.74, 6) is -0.363. The highest BCUT2D eigenvalue weighted by atomic mass is 35.5. The first-order valence-corrected chi connectivity index (χ1v) is 11.5. The first-order chi connectivity index (χ1) is 14.4. The minimum absolute atomic E-state index is 0.0107. The molecule has 0 aliphatic heterocycles. The van der Waals surface area contributed by atoms with Crippen molar-refractivity contribution in [1.82, 2.24) is 5.32 Å². The van der Waals surface area contributed by atoms with Crippen LogP contribution in [-0.4, -0.2) is 30.8 Å². The summed E-state index contributed by atoms with van der Waals surface area (Å²) < 4.78 is 5.33. The monoisotopic (exact) mass is 437 g/mol. The van der Waals surface area contributed by atoms with Crippen LogP contribution in [0.2, 0.25) is 5.02 Å². The van der Waals surface area contributed by atoms with Gasteiger partial charge in [0.15, 0.2) is 5.78 Å². The number of ether oxygens (including phenoxy) is 1. The van der Waals surface area contributed by atoms with Crippen LogP contribution < -0.4 is 5.32 Å². The number of amides is 1. The molecule has 30 heavy (non-hydrogen) atoms. The summed E-state index contributed by atoms with van der Waals surface area (Å²) in [6.45, 7) is 4.58. The molecule has 0 atom stereocenters. The van der Waals surface area contributed by atoms with Crippen molar-refractivity contribution in [3.63, 3.8) is 0 Å². The Bertz CT molecular complexity index is 675. The van der Waals surface area contributed by atoms with Gasteiger partial charge in [-0.2, -0.15) is 0 Å². The fourth-order valence-electron chi connectivity index (χ4n) is 3.24. The SMILES string of the molecule is CCCCCCCCCOC(=O)CCc1cc(Cl)ccc1C(=O)CCCNC(C)=O. The number of unbranched alkanes of at least 4 members (excludes halogenated alkanes) is 6. The number of Topliss-reactive ketones (excluding diaryl/α,β-unsaturated/α-hetero) is 1. The smallest absolute Gasteiger partial charge is 0.306 e. The van der Waals surface area contributed by atoms with Crippen LogP contribution in [0.5, 0.6) is 0 Å². The van der Waals surface area contributed by atoms with E-state index in [0.717, 1.165) is 18.4 Å². The van der Waals surface area contributed by atoms with Crippen LogP contribution in [0.4, 0.5) is 0 Å². The first kappa shape index (κ1) is 26.2. The van der Waals surface area contributed by atoms with E-state index in [4.69, 9.17) is 16.3 Å². The molecule has 168 valence electrons. The molecule has 0 radical (unpaired) electrons. The number of hydrogen-bond donors (Lipinski definition) is 1. The number of rotatable bonds is 16. The number of carbonyl (C=O) groups is 3. The molecule has 0 spiro atoms. The maximum Gasteiger partial charge on any atom is 0.306 e. The van der Waals surface area contributed by atoms with Crippen LogP contribution in [0.1, 0.15) is 94.0 Å². The van der Waals surface area contributed by atoms with Gasteiger partial charge in [-0.25, -0.2) is 0 Å². The molecule has 0 saturated carbocycles. The quantitative estimate of drug-likeness (QED) is 0.205. The summed E-state index contributed by atoms with van der Waals surface area (Å²) in [6, 6.07) is 5.14. The van der Waals surface area contributed by atoms with Gasteiger partial charge in [0.2, 0.25) is 5.91 Å². The number of nitrogens with one attached hydrogen (secondary N) is 1. The zero-order valence-electron chi connectivity index (χ0n) is 18.4. The van der Waals surface area contributed by atoms with Crippen molar-refractivity contribution in [3.8, 4) is 0 Å². The normalized spacial score (nSPS) is 10.6. The van der Waals surface area contributed by atoms with Crippen molar-refractivity contribution in [2.24, 2.45) is 0 Å². The number of halogens is 1. The van der Waals surface area contributed by atoms with Crippen molar-refractivity contribution < 1.29 is 19.1 Å². The molecular formula is C24H36ClNO4. The fraction of sp³-hybridized carbons (Fsp3) is 0.625. The third-order valence-electron chi connectivity index (χ3n) is 4.93. The molecule has 1 aromatic carbocycles. The summed E-state index contributed by atoms with van der Waals surface area (Å²) in [6.07, 6.45) is 9.78. The van der Waals surface area contributed by atoms with Crippen molar-refractivity contribution in [2.75, 3.05) is 13.2 Å². The molecule has 1 N–H and O–H groups in total. The fourth-order valence-corrected chi connectivity index (χ4v) is 3.44. The zero-order valence-corrected chi connectivity index (χ0v) is 19.2. The minimum Gasteiger partial charge on any atom is -0.466 e. The molecule has 1 amide bonds. The second-order valence-electron chi connectivity index (χ2n) is 7.65. The Morgan fingerprint density at radius 2 is 1.67 bits per heavy atom. The summed E-state index contributed by atoms with van der Waals surface area (Å²) in [7, 11) is 0. The van der Waals surface area contributed by atoms with E-state index in [1.807, 2.05) is 0 Å². The Morgan fingerprint density at radius 3 is 2.37 bits per heavy atom. The highest BCUT2D eigenvalue weighted by Gasteiger charge is 2.14. The maximum atomic E-state index is 12.5. The highest BCUT2D eigenvalue weighted by molar-refractivity contribution is 6.30. The summed E-state index contributed by atoms with van der Waals surface area (Å²) >= 11 is 6.09. The van der Waals surface area contributed by atoms with E-state index in [2.05, 4.69) is 12.2 Å². The molecule has 1 aromatic rings. The van der Waals surface area contributed by atoms with Crippen LogP contribution in [-0.2, 0) is 20.7 Å². The number of esters is 1. The topological polar surface area (TPSA) is 72.5 Å². The Morgan fingerprint density at radius 1 is 0.967 bits per heavy atom. The van der Waals surface area contributed by atoms with E-state index in [0.29, 0.717) is 43.0 Å². The van der Waals surface area contributed by atoms with Crippen LogP contribution in [0.3, 0.4) is 0 Å². The number of ketones is 1. The standard InChI is InChI=1S/C24H36ClNO4/c1-3-4-5-6-7-8-9-17-30-24(29)15-12-20-18-21(25)13-14-22(20)23(28)11-10-16-26-19(2)27/h13-14,18H,3-12,15-17H2,1-2H3,(H,26,27). The van der Waals surface area contributed by atoms with E-state index in [1.54, 1.807) is 18.2 Å². The number of carbonyl (C=O) groups excluding carboxylic acids is 3. The molecule has 0 aliphatic carbocycles. The Kier molecular flexibility index (Phi) is 13.9. The lowest BCUT2D eigenvalue weighted by Gasteiger charge is -2.10. The van der Waals surface area contributed by atoms with E-state index in [1.165, 1.54) is 39.0 Å². The highest BCUT2D eigenvalue weighted by Crippen LogP contribution is 2.20. The van der Waals surface area contributed by atoms with E-state index in [-0.39, 0.29) is 24.1 Å². The van der Waals surface area contributed by atoms with Crippen LogP contribution in [0.25, 0.3) is 0 Å². The predicted molar refractivity (Wildman–Crippen MR) is 121 cm³/mol. The lowest BCUT2D eigenvalue weighted by atomic mass is 9.97. The predicted octanol–water partition coefficient (Wildman–Crippen LogP) is 5.67. The van der Waals surface area contributed by atoms with Gasteiger partial charge in [0.25, 0.3) is 0 Å². The Hall–Kier alpha value is -1.88. The molecule has 0 bridgehead atoms. The molecule has 1 rings (SSSR count). The van der Waals surface area contributed by atoms with Crippen molar-refractivity contribution in [3.05, 3.63) is 34.3 Å². The summed E-state index contributed by atoms with van der Waals surface area (Å²) in [4.78, 5) is 35.5. The largest absolute Gasteiger partial charge is 0.466 e. The van der Waals surface area contributed by atoms with Crippen molar-refractivity contribution in [1.29, 1.82) is 0 Å². The van der Waals surface area contributed by atoms with Gasteiger partial charge >= 0.3 is 5.97 Å². The number of hydrogen-bond acceptors (Lipinski definition) is 4. The molecular weight excluding hydrogens is 402 g/mol. The van der Waals surface area contributed by atoms with Gasteiger partial charge in [0.1, 0.15) is 0 Å². The van der Waals surface area contributed by atoms with Gasteiger partial charge in [-0.15, -0.1) is 0 Å². The van der Waals surface area contributed by atoms with E-state index in [9.17, 15) is 14.4 Å². The lowest BCUT2D eigenvalue weighted by molar-refractivity contribution is -0.143. The Labute approximate surface area is 185 Å². The van der Waals surface area contributed by atoms with Gasteiger partial charge in [-0.1, -0.05) is 57.0 Å².